The fourth-order valence-electron chi connectivity index (χ4n) is 4.20. The van der Waals surface area contributed by atoms with Crippen LogP contribution in [0.1, 0.15) is 41.6 Å². The lowest BCUT2D eigenvalue weighted by Crippen LogP contribution is -2.29. The number of ketones is 1. The van der Waals surface area contributed by atoms with E-state index in [0.717, 1.165) is 17.5 Å². The number of hydrogen-bond acceptors (Lipinski definition) is 4. The van der Waals surface area contributed by atoms with Crippen molar-refractivity contribution in [1.82, 2.24) is 0 Å². The molecule has 0 aliphatic carbocycles. The molecule has 1 aliphatic rings. The first kappa shape index (κ1) is 24.8. The van der Waals surface area contributed by atoms with Gasteiger partial charge in [-0.3, -0.25) is 14.5 Å². The molecule has 180 valence electrons. The Morgan fingerprint density at radius 1 is 1.00 bits per heavy atom. The van der Waals surface area contributed by atoms with Crippen LogP contribution in [0.5, 0.6) is 5.75 Å². The largest absolute Gasteiger partial charge is 0.507 e. The predicted molar refractivity (Wildman–Crippen MR) is 139 cm³/mol. The second-order valence-electron chi connectivity index (χ2n) is 8.51. The van der Waals surface area contributed by atoms with Gasteiger partial charge in [-0.1, -0.05) is 48.3 Å². The third kappa shape index (κ3) is 4.79. The van der Waals surface area contributed by atoms with Gasteiger partial charge in [0.25, 0.3) is 11.7 Å². The summed E-state index contributed by atoms with van der Waals surface area (Å²) in [6.45, 7) is 6.36. The van der Waals surface area contributed by atoms with Crippen LogP contribution < -0.4 is 9.64 Å². The first-order chi connectivity index (χ1) is 16.7. The van der Waals surface area contributed by atoms with E-state index in [1.807, 2.05) is 39.0 Å². The Morgan fingerprint density at radius 3 is 2.43 bits per heavy atom. The van der Waals surface area contributed by atoms with Gasteiger partial charge in [0.15, 0.2) is 0 Å². The Balaban J connectivity index is 1.90. The van der Waals surface area contributed by atoms with Gasteiger partial charge < -0.3 is 9.84 Å². The highest BCUT2D eigenvalue weighted by Gasteiger charge is 2.47. The second kappa shape index (κ2) is 10.1. The van der Waals surface area contributed by atoms with Gasteiger partial charge in [0, 0.05) is 11.3 Å². The monoisotopic (exact) mass is 509 g/mol. The summed E-state index contributed by atoms with van der Waals surface area (Å²) < 4.78 is 5.73. The maximum Gasteiger partial charge on any atom is 0.300 e. The quantitative estimate of drug-likeness (QED) is 0.220. The third-order valence-electron chi connectivity index (χ3n) is 5.89. The predicted octanol–water partition coefficient (Wildman–Crippen LogP) is 7.03. The van der Waals surface area contributed by atoms with Crippen molar-refractivity contribution in [1.29, 1.82) is 0 Å². The number of benzene rings is 3. The molecule has 1 fully saturated rings. The molecule has 1 unspecified atom stereocenters. The summed E-state index contributed by atoms with van der Waals surface area (Å²) >= 11 is 12.4. The molecule has 0 radical (unpaired) electrons. The van der Waals surface area contributed by atoms with E-state index < -0.39 is 17.7 Å². The number of nitrogens with zero attached hydrogens (tertiary/aromatic N) is 1. The minimum absolute atomic E-state index is 0.0171. The molecule has 4 rings (SSSR count). The molecule has 0 saturated carbocycles. The SMILES string of the molecule is CCCOc1ccc(/C(O)=C2/C(=O)C(=O)N(c3cccc(C)c3)C2c2ccc(Cl)c(Cl)c2)cc1C. The Bertz CT molecular complexity index is 1350. The van der Waals surface area contributed by atoms with Gasteiger partial charge in [-0.15, -0.1) is 0 Å². The molecule has 35 heavy (non-hydrogen) atoms. The zero-order valence-electron chi connectivity index (χ0n) is 19.6. The van der Waals surface area contributed by atoms with E-state index in [0.29, 0.717) is 34.2 Å². The Kier molecular flexibility index (Phi) is 7.20. The summed E-state index contributed by atoms with van der Waals surface area (Å²) in [4.78, 5) is 28.0. The molecule has 0 spiro atoms. The van der Waals surface area contributed by atoms with Crippen molar-refractivity contribution in [3.05, 3.63) is 98.5 Å². The van der Waals surface area contributed by atoms with E-state index in [-0.39, 0.29) is 16.4 Å². The fraction of sp³-hybridized carbons (Fsp3) is 0.214. The van der Waals surface area contributed by atoms with Crippen LogP contribution in [0.4, 0.5) is 5.69 Å². The van der Waals surface area contributed by atoms with E-state index in [2.05, 4.69) is 0 Å². The molecule has 3 aromatic rings. The van der Waals surface area contributed by atoms with Gasteiger partial charge in [-0.25, -0.2) is 0 Å². The molecular weight excluding hydrogens is 485 g/mol. The number of aliphatic hydroxyl groups is 1. The number of ether oxygens (including phenoxy) is 1. The van der Waals surface area contributed by atoms with Gasteiger partial charge in [0.05, 0.1) is 28.3 Å². The zero-order chi connectivity index (χ0) is 25.3. The molecule has 3 aromatic carbocycles. The fourth-order valence-corrected chi connectivity index (χ4v) is 4.51. The molecule has 1 amide bonds. The number of aryl methyl sites for hydroxylation is 2. The summed E-state index contributed by atoms with van der Waals surface area (Å²) in [6, 6.07) is 16.5. The molecule has 5 nitrogen and oxygen atoms in total. The molecule has 7 heteroatoms. The number of rotatable bonds is 6. The molecule has 0 aromatic heterocycles. The number of aliphatic hydroxyl groups excluding tert-OH is 1. The van der Waals surface area contributed by atoms with E-state index >= 15 is 0 Å². The molecule has 1 saturated heterocycles. The number of halogens is 2. The minimum atomic E-state index is -0.886. The average Bonchev–Trinajstić information content (AvgIpc) is 3.10. The lowest BCUT2D eigenvalue weighted by Gasteiger charge is -2.26. The van der Waals surface area contributed by atoms with Crippen molar-refractivity contribution in [2.24, 2.45) is 0 Å². The Hall–Kier alpha value is -3.28. The van der Waals surface area contributed by atoms with Crippen molar-refractivity contribution in [2.45, 2.75) is 33.2 Å². The molecule has 1 heterocycles. The van der Waals surface area contributed by atoms with Crippen molar-refractivity contribution < 1.29 is 19.4 Å². The van der Waals surface area contributed by atoms with Crippen LogP contribution in [0.3, 0.4) is 0 Å². The van der Waals surface area contributed by atoms with Crippen LogP contribution in [0.25, 0.3) is 5.76 Å². The summed E-state index contributed by atoms with van der Waals surface area (Å²) in [6.07, 6.45) is 0.868. The number of amides is 1. The van der Waals surface area contributed by atoms with Crippen LogP contribution in [-0.4, -0.2) is 23.4 Å². The van der Waals surface area contributed by atoms with E-state index in [1.54, 1.807) is 42.5 Å². The highest BCUT2D eigenvalue weighted by Crippen LogP contribution is 2.43. The minimum Gasteiger partial charge on any atom is -0.507 e. The first-order valence-corrected chi connectivity index (χ1v) is 12.0. The number of carbonyl (C=O) groups is 2. The lowest BCUT2D eigenvalue weighted by molar-refractivity contribution is -0.132. The molecule has 1 aliphatic heterocycles. The van der Waals surface area contributed by atoms with Crippen LogP contribution >= 0.6 is 23.2 Å². The summed E-state index contributed by atoms with van der Waals surface area (Å²) in [7, 11) is 0. The van der Waals surface area contributed by atoms with Gasteiger partial charge in [-0.2, -0.15) is 0 Å². The number of hydrogen-bond donors (Lipinski definition) is 1. The van der Waals surface area contributed by atoms with Crippen molar-refractivity contribution >= 4 is 46.3 Å². The van der Waals surface area contributed by atoms with Gasteiger partial charge in [0.2, 0.25) is 0 Å². The first-order valence-electron chi connectivity index (χ1n) is 11.3. The maximum atomic E-state index is 13.3. The molecular formula is C28H25Cl2NO4. The summed E-state index contributed by atoms with van der Waals surface area (Å²) in [5.74, 6) is -1.07. The average molecular weight is 510 g/mol. The Morgan fingerprint density at radius 2 is 1.77 bits per heavy atom. The van der Waals surface area contributed by atoms with E-state index in [9.17, 15) is 14.7 Å². The van der Waals surface area contributed by atoms with Crippen molar-refractivity contribution in [3.8, 4) is 5.75 Å². The van der Waals surface area contributed by atoms with Gasteiger partial charge in [-0.05, 0) is 79.4 Å². The molecule has 0 bridgehead atoms. The number of carbonyl (C=O) groups excluding carboxylic acids is 2. The van der Waals surface area contributed by atoms with Gasteiger partial charge >= 0.3 is 0 Å². The molecule has 1 N–H and O–H groups in total. The Labute approximate surface area is 214 Å². The van der Waals surface area contributed by atoms with Crippen LogP contribution in [-0.2, 0) is 9.59 Å². The van der Waals surface area contributed by atoms with Crippen molar-refractivity contribution in [2.75, 3.05) is 11.5 Å². The topological polar surface area (TPSA) is 66.8 Å². The smallest absolute Gasteiger partial charge is 0.300 e. The summed E-state index contributed by atoms with van der Waals surface area (Å²) in [5.41, 5.74) is 3.23. The molecule has 1 atom stereocenters. The zero-order valence-corrected chi connectivity index (χ0v) is 21.2. The normalized spacial score (nSPS) is 17.2. The lowest BCUT2D eigenvalue weighted by atomic mass is 9.94. The number of Topliss-reactive ketones (excluding diaryl/α,β-unsaturated/α-hetero) is 1. The third-order valence-corrected chi connectivity index (χ3v) is 6.63. The van der Waals surface area contributed by atoms with Gasteiger partial charge in [0.1, 0.15) is 11.5 Å². The second-order valence-corrected chi connectivity index (χ2v) is 9.32. The van der Waals surface area contributed by atoms with Crippen molar-refractivity contribution in [3.63, 3.8) is 0 Å². The maximum absolute atomic E-state index is 13.3. The standard InChI is InChI=1S/C28H25Cl2NO4/c1-4-12-35-23-11-9-19(14-17(23)3)26(32)24-25(18-8-10-21(29)22(30)15-18)31(28(34)27(24)33)20-7-5-6-16(2)13-20/h5-11,13-15,25,32H,4,12H2,1-3H3/b26-24-. The highest BCUT2D eigenvalue weighted by molar-refractivity contribution is 6.51. The van der Waals surface area contributed by atoms with Crippen LogP contribution in [0.2, 0.25) is 10.0 Å². The van der Waals surface area contributed by atoms with E-state index in [1.165, 1.54) is 4.90 Å². The highest BCUT2D eigenvalue weighted by atomic mass is 35.5. The van der Waals surface area contributed by atoms with E-state index in [4.69, 9.17) is 27.9 Å². The van der Waals surface area contributed by atoms with Crippen LogP contribution in [0, 0.1) is 13.8 Å². The summed E-state index contributed by atoms with van der Waals surface area (Å²) in [5, 5.41) is 12.0. The number of anilines is 1. The van der Waals surface area contributed by atoms with Crippen LogP contribution in [0.15, 0.2) is 66.2 Å².